The van der Waals surface area contributed by atoms with Gasteiger partial charge < -0.3 is 14.4 Å². The maximum Gasteiger partial charge on any atom is 0.323 e. The van der Waals surface area contributed by atoms with Crippen LogP contribution in [0.1, 0.15) is 0 Å². The summed E-state index contributed by atoms with van der Waals surface area (Å²) in [6.45, 7) is 2.24. The molecule has 1 aliphatic heterocycles. The fourth-order valence-corrected chi connectivity index (χ4v) is 5.13. The summed E-state index contributed by atoms with van der Waals surface area (Å²) < 4.78 is 11.7. The van der Waals surface area contributed by atoms with Gasteiger partial charge >= 0.3 is 6.03 Å². The van der Waals surface area contributed by atoms with Gasteiger partial charge in [0.2, 0.25) is 0 Å². The van der Waals surface area contributed by atoms with Crippen LogP contribution in [0.15, 0.2) is 41.9 Å². The number of amides is 2. The maximum atomic E-state index is 12.6. The van der Waals surface area contributed by atoms with Crippen molar-refractivity contribution in [1.29, 1.82) is 0 Å². The Morgan fingerprint density at radius 3 is 2.81 bits per heavy atom. The van der Waals surface area contributed by atoms with Crippen LogP contribution in [-0.2, 0) is 4.74 Å². The molecule has 8 nitrogen and oxygen atoms in total. The molecule has 1 aromatic carbocycles. The summed E-state index contributed by atoms with van der Waals surface area (Å²) in [7, 11) is 1.61. The lowest BCUT2D eigenvalue weighted by Crippen LogP contribution is -2.43. The van der Waals surface area contributed by atoms with Crippen molar-refractivity contribution in [3.63, 3.8) is 0 Å². The van der Waals surface area contributed by atoms with Gasteiger partial charge in [-0.3, -0.25) is 10.3 Å². The number of benzene rings is 1. The molecule has 31 heavy (non-hydrogen) atoms. The number of aromatic nitrogens is 3. The molecule has 3 aromatic heterocycles. The predicted molar refractivity (Wildman–Crippen MR) is 122 cm³/mol. The molecular formula is C21H19N5O3S2. The SMILES string of the molecule is COc1ccc(-c2csc(-c3ccccn3)n2)c2sc(NC(=O)N3CCOCC3)nc12. The van der Waals surface area contributed by atoms with Crippen molar-refractivity contribution in [3.8, 4) is 27.7 Å². The van der Waals surface area contributed by atoms with Gasteiger partial charge in [-0.15, -0.1) is 11.3 Å². The number of fused-ring (bicyclic) bond motifs is 1. The molecule has 4 aromatic rings. The van der Waals surface area contributed by atoms with E-state index in [4.69, 9.17) is 14.5 Å². The smallest absolute Gasteiger partial charge is 0.323 e. The quantitative estimate of drug-likeness (QED) is 0.494. The number of methoxy groups -OCH3 is 1. The number of thiazole rings is 2. The Hall–Kier alpha value is -3.08. The Balaban J connectivity index is 1.49. The van der Waals surface area contributed by atoms with Crippen molar-refractivity contribution in [1.82, 2.24) is 19.9 Å². The first-order valence-corrected chi connectivity index (χ1v) is 11.4. The zero-order chi connectivity index (χ0) is 21.2. The number of pyridine rings is 1. The molecule has 0 radical (unpaired) electrons. The van der Waals surface area contributed by atoms with Crippen LogP contribution in [0.5, 0.6) is 5.75 Å². The first-order chi connectivity index (χ1) is 15.2. The summed E-state index contributed by atoms with van der Waals surface area (Å²) in [6, 6.07) is 9.46. The molecule has 1 fully saturated rings. The third kappa shape index (κ3) is 3.97. The van der Waals surface area contributed by atoms with E-state index in [-0.39, 0.29) is 6.03 Å². The van der Waals surface area contributed by atoms with E-state index in [0.29, 0.717) is 42.7 Å². The second-order valence-corrected chi connectivity index (χ2v) is 8.65. The number of morpholine rings is 1. The van der Waals surface area contributed by atoms with Gasteiger partial charge in [-0.25, -0.2) is 14.8 Å². The van der Waals surface area contributed by atoms with Gasteiger partial charge in [0, 0.05) is 30.2 Å². The summed E-state index contributed by atoms with van der Waals surface area (Å²) in [5, 5.41) is 6.31. The zero-order valence-corrected chi connectivity index (χ0v) is 18.3. The minimum atomic E-state index is -0.172. The molecule has 4 heterocycles. The molecule has 0 unspecified atom stereocenters. The third-order valence-corrected chi connectivity index (χ3v) is 6.77. The van der Waals surface area contributed by atoms with Gasteiger partial charge in [0.15, 0.2) is 5.13 Å². The minimum absolute atomic E-state index is 0.172. The molecule has 10 heteroatoms. The van der Waals surface area contributed by atoms with Gasteiger partial charge in [-0.05, 0) is 24.3 Å². The van der Waals surface area contributed by atoms with Crippen molar-refractivity contribution in [2.75, 3.05) is 38.7 Å². The monoisotopic (exact) mass is 453 g/mol. The number of carbonyl (C=O) groups excluding carboxylic acids is 1. The topological polar surface area (TPSA) is 89.5 Å². The number of anilines is 1. The van der Waals surface area contributed by atoms with E-state index in [9.17, 15) is 4.79 Å². The average Bonchev–Trinajstić information content (AvgIpc) is 3.47. The van der Waals surface area contributed by atoms with E-state index in [1.54, 1.807) is 29.5 Å². The Kier molecular flexibility index (Phi) is 5.49. The van der Waals surface area contributed by atoms with E-state index in [1.807, 2.05) is 35.7 Å². The lowest BCUT2D eigenvalue weighted by atomic mass is 10.1. The third-order valence-electron chi connectivity index (χ3n) is 4.90. The Morgan fingerprint density at radius 1 is 1.16 bits per heavy atom. The summed E-state index contributed by atoms with van der Waals surface area (Å²) in [5.74, 6) is 0.655. The lowest BCUT2D eigenvalue weighted by Gasteiger charge is -2.26. The summed E-state index contributed by atoms with van der Waals surface area (Å²) in [4.78, 5) is 28.1. The van der Waals surface area contributed by atoms with E-state index in [2.05, 4.69) is 15.3 Å². The minimum Gasteiger partial charge on any atom is -0.494 e. The predicted octanol–water partition coefficient (Wildman–Crippen LogP) is 4.35. The van der Waals surface area contributed by atoms with Crippen molar-refractivity contribution in [3.05, 3.63) is 41.9 Å². The first kappa shape index (κ1) is 19.9. The zero-order valence-electron chi connectivity index (χ0n) is 16.7. The van der Waals surface area contributed by atoms with Crippen molar-refractivity contribution < 1.29 is 14.3 Å². The van der Waals surface area contributed by atoms with E-state index in [1.165, 1.54) is 11.3 Å². The molecule has 1 aliphatic rings. The molecule has 0 saturated carbocycles. The van der Waals surface area contributed by atoms with Crippen LogP contribution in [0.25, 0.3) is 32.2 Å². The lowest BCUT2D eigenvalue weighted by molar-refractivity contribution is 0.0564. The average molecular weight is 454 g/mol. The number of hydrogen-bond donors (Lipinski definition) is 1. The van der Waals surface area contributed by atoms with Gasteiger partial charge in [0.1, 0.15) is 16.3 Å². The summed E-state index contributed by atoms with van der Waals surface area (Å²) >= 11 is 2.96. The van der Waals surface area contributed by atoms with Crippen molar-refractivity contribution in [2.45, 2.75) is 0 Å². The fourth-order valence-electron chi connectivity index (χ4n) is 3.34. The highest BCUT2D eigenvalue weighted by Crippen LogP contribution is 2.40. The number of carbonyl (C=O) groups is 1. The number of nitrogens with one attached hydrogen (secondary N) is 1. The second-order valence-electron chi connectivity index (χ2n) is 6.79. The molecule has 1 saturated heterocycles. The van der Waals surface area contributed by atoms with Crippen LogP contribution in [0.4, 0.5) is 9.93 Å². The number of hydrogen-bond acceptors (Lipinski definition) is 8. The molecule has 0 atom stereocenters. The van der Waals surface area contributed by atoms with Crippen LogP contribution in [-0.4, -0.2) is 59.3 Å². The molecule has 0 spiro atoms. The molecule has 0 aliphatic carbocycles. The van der Waals surface area contributed by atoms with Crippen LogP contribution < -0.4 is 10.1 Å². The van der Waals surface area contributed by atoms with Crippen molar-refractivity contribution in [2.24, 2.45) is 0 Å². The maximum absolute atomic E-state index is 12.6. The molecule has 5 rings (SSSR count). The van der Waals surface area contributed by atoms with Crippen LogP contribution in [0.2, 0.25) is 0 Å². The van der Waals surface area contributed by atoms with Crippen LogP contribution >= 0.6 is 22.7 Å². The van der Waals surface area contributed by atoms with Crippen LogP contribution in [0.3, 0.4) is 0 Å². The Bertz CT molecular complexity index is 1220. The van der Waals surface area contributed by atoms with Gasteiger partial charge in [-0.1, -0.05) is 17.4 Å². The molecule has 2 amide bonds. The molecule has 158 valence electrons. The van der Waals surface area contributed by atoms with Gasteiger partial charge in [0.05, 0.1) is 36.4 Å². The summed E-state index contributed by atoms with van der Waals surface area (Å²) in [5.41, 5.74) is 3.33. The van der Waals surface area contributed by atoms with E-state index >= 15 is 0 Å². The fraction of sp³-hybridized carbons (Fsp3) is 0.238. The normalized spacial score (nSPS) is 14.0. The van der Waals surface area contributed by atoms with E-state index < -0.39 is 0 Å². The second kappa shape index (κ2) is 8.58. The number of rotatable bonds is 4. The van der Waals surface area contributed by atoms with Gasteiger partial charge in [0.25, 0.3) is 0 Å². The van der Waals surface area contributed by atoms with Gasteiger partial charge in [-0.2, -0.15) is 0 Å². The molecular weight excluding hydrogens is 434 g/mol. The number of ether oxygens (including phenoxy) is 2. The van der Waals surface area contributed by atoms with Crippen molar-refractivity contribution >= 4 is 44.1 Å². The highest BCUT2D eigenvalue weighted by atomic mass is 32.1. The number of nitrogens with zero attached hydrogens (tertiary/aromatic N) is 4. The van der Waals surface area contributed by atoms with Crippen LogP contribution in [0, 0.1) is 0 Å². The number of urea groups is 1. The van der Waals surface area contributed by atoms with E-state index in [0.717, 1.165) is 26.7 Å². The standard InChI is InChI=1S/C21H19N5O3S2/c1-28-16-6-5-13(15-12-30-19(23-15)14-4-2-3-7-22-14)18-17(16)24-20(31-18)25-21(27)26-8-10-29-11-9-26/h2-7,12H,8-11H2,1H3,(H,24,25,27). The Morgan fingerprint density at radius 2 is 2.03 bits per heavy atom. The molecule has 1 N–H and O–H groups in total. The Labute approximate surface area is 186 Å². The molecule has 0 bridgehead atoms. The first-order valence-electron chi connectivity index (χ1n) is 9.71. The highest BCUT2D eigenvalue weighted by molar-refractivity contribution is 7.23. The highest BCUT2D eigenvalue weighted by Gasteiger charge is 2.21. The largest absolute Gasteiger partial charge is 0.494 e. The summed E-state index contributed by atoms with van der Waals surface area (Å²) in [6.07, 6.45) is 1.76.